The van der Waals surface area contributed by atoms with Crippen molar-refractivity contribution in [2.45, 2.75) is 25.8 Å². The van der Waals surface area contributed by atoms with Crippen LogP contribution in [0.15, 0.2) is 41.2 Å². The lowest BCUT2D eigenvalue weighted by molar-refractivity contribution is 0.0712. The summed E-state index contributed by atoms with van der Waals surface area (Å²) in [4.78, 5) is 24.4. The Kier molecular flexibility index (Phi) is 4.28. The normalized spacial score (nSPS) is 16.6. The maximum Gasteiger partial charge on any atom is 0.255 e. The van der Waals surface area contributed by atoms with Crippen molar-refractivity contribution in [3.05, 3.63) is 59.0 Å². The van der Waals surface area contributed by atoms with Crippen LogP contribution in [-0.2, 0) is 0 Å². The summed E-state index contributed by atoms with van der Waals surface area (Å²) in [6.07, 6.45) is 5.08. The molecule has 0 radical (unpaired) electrons. The fourth-order valence-corrected chi connectivity index (χ4v) is 3.96. The van der Waals surface area contributed by atoms with E-state index in [2.05, 4.69) is 25.3 Å². The number of aryl methyl sites for hydroxylation is 1. The number of carbonyl (C=O) groups is 1. The second-order valence-electron chi connectivity index (χ2n) is 7.04. The number of halogens is 1. The highest BCUT2D eigenvalue weighted by Crippen LogP contribution is 2.34. The maximum atomic E-state index is 13.6. The molecule has 0 aliphatic carbocycles. The SMILES string of the molecule is Cc1noc([C@H]2CCCN2C(=O)c2cc(-c3cn[nH]c3)nc3ccc(Cl)cc23)n1. The molecule has 1 aliphatic rings. The molecule has 1 aromatic carbocycles. The molecule has 1 atom stereocenters. The minimum Gasteiger partial charge on any atom is -0.337 e. The highest BCUT2D eigenvalue weighted by atomic mass is 35.5. The molecule has 8 nitrogen and oxygen atoms in total. The minimum absolute atomic E-state index is 0.109. The van der Waals surface area contributed by atoms with Crippen LogP contribution in [-0.4, -0.2) is 42.7 Å². The van der Waals surface area contributed by atoms with Gasteiger partial charge in [-0.15, -0.1) is 0 Å². The number of hydrogen-bond acceptors (Lipinski definition) is 6. The van der Waals surface area contributed by atoms with E-state index in [1.165, 1.54) is 0 Å². The Morgan fingerprint density at radius 2 is 2.21 bits per heavy atom. The van der Waals surface area contributed by atoms with Gasteiger partial charge in [0.2, 0.25) is 5.89 Å². The van der Waals surface area contributed by atoms with Crippen LogP contribution in [0.25, 0.3) is 22.2 Å². The molecule has 0 bridgehead atoms. The number of carbonyl (C=O) groups excluding carboxylic acids is 1. The predicted octanol–water partition coefficient (Wildman–Crippen LogP) is 3.95. The van der Waals surface area contributed by atoms with Crippen LogP contribution in [0.4, 0.5) is 0 Å². The van der Waals surface area contributed by atoms with E-state index in [-0.39, 0.29) is 11.9 Å². The molecule has 4 heterocycles. The van der Waals surface area contributed by atoms with Gasteiger partial charge in [-0.1, -0.05) is 16.8 Å². The molecule has 1 aliphatic heterocycles. The molecule has 0 spiro atoms. The van der Waals surface area contributed by atoms with Crippen molar-refractivity contribution in [2.75, 3.05) is 6.54 Å². The monoisotopic (exact) mass is 408 g/mol. The number of benzene rings is 1. The molecular formula is C20H17ClN6O2. The minimum atomic E-state index is -0.233. The molecule has 0 saturated carbocycles. The number of hydrogen-bond donors (Lipinski definition) is 1. The van der Waals surface area contributed by atoms with Crippen LogP contribution in [0, 0.1) is 6.92 Å². The van der Waals surface area contributed by atoms with E-state index in [1.54, 1.807) is 42.4 Å². The molecule has 0 unspecified atom stereocenters. The van der Waals surface area contributed by atoms with Gasteiger partial charge in [0.05, 0.1) is 23.0 Å². The van der Waals surface area contributed by atoms with Gasteiger partial charge in [-0.2, -0.15) is 10.1 Å². The Morgan fingerprint density at radius 1 is 1.31 bits per heavy atom. The van der Waals surface area contributed by atoms with Gasteiger partial charge in [0, 0.05) is 28.7 Å². The summed E-state index contributed by atoms with van der Waals surface area (Å²) in [5.41, 5.74) is 2.71. The average Bonchev–Trinajstić information content (AvgIpc) is 3.47. The number of H-pyrrole nitrogens is 1. The summed E-state index contributed by atoms with van der Waals surface area (Å²) in [6.45, 7) is 2.39. The number of pyridine rings is 1. The summed E-state index contributed by atoms with van der Waals surface area (Å²) < 4.78 is 5.35. The second kappa shape index (κ2) is 6.97. The Labute approximate surface area is 170 Å². The van der Waals surface area contributed by atoms with Crippen molar-refractivity contribution in [2.24, 2.45) is 0 Å². The highest BCUT2D eigenvalue weighted by Gasteiger charge is 2.35. The van der Waals surface area contributed by atoms with E-state index in [4.69, 9.17) is 16.1 Å². The van der Waals surface area contributed by atoms with Crippen molar-refractivity contribution >= 4 is 28.4 Å². The third kappa shape index (κ3) is 3.15. The first-order valence-corrected chi connectivity index (χ1v) is 9.68. The molecule has 1 N–H and O–H groups in total. The number of nitrogens with zero attached hydrogens (tertiary/aromatic N) is 5. The van der Waals surface area contributed by atoms with E-state index >= 15 is 0 Å². The van der Waals surface area contributed by atoms with Crippen LogP contribution in [0.1, 0.15) is 41.0 Å². The molecule has 9 heteroatoms. The number of likely N-dealkylation sites (tertiary alicyclic amines) is 1. The van der Waals surface area contributed by atoms with E-state index < -0.39 is 0 Å². The van der Waals surface area contributed by atoms with E-state index in [1.807, 2.05) is 6.07 Å². The first-order valence-electron chi connectivity index (χ1n) is 9.31. The highest BCUT2D eigenvalue weighted by molar-refractivity contribution is 6.31. The smallest absolute Gasteiger partial charge is 0.255 e. The molecule has 5 rings (SSSR count). The van der Waals surface area contributed by atoms with Gasteiger partial charge >= 0.3 is 0 Å². The quantitative estimate of drug-likeness (QED) is 0.550. The number of amides is 1. The van der Waals surface area contributed by atoms with Gasteiger partial charge in [0.25, 0.3) is 5.91 Å². The topological polar surface area (TPSA) is 101 Å². The number of fused-ring (bicyclic) bond motifs is 1. The van der Waals surface area contributed by atoms with Gasteiger partial charge in [0.15, 0.2) is 5.82 Å². The van der Waals surface area contributed by atoms with Crippen molar-refractivity contribution in [3.8, 4) is 11.3 Å². The number of aromatic nitrogens is 5. The fourth-order valence-electron chi connectivity index (χ4n) is 3.78. The van der Waals surface area contributed by atoms with Gasteiger partial charge < -0.3 is 9.42 Å². The number of rotatable bonds is 3. The van der Waals surface area contributed by atoms with Crippen molar-refractivity contribution in [3.63, 3.8) is 0 Å². The zero-order valence-corrected chi connectivity index (χ0v) is 16.3. The molecular weight excluding hydrogens is 392 g/mol. The Morgan fingerprint density at radius 3 is 2.97 bits per heavy atom. The zero-order chi connectivity index (χ0) is 20.0. The van der Waals surface area contributed by atoms with E-state index in [0.29, 0.717) is 45.4 Å². The van der Waals surface area contributed by atoms with Crippen LogP contribution in [0.2, 0.25) is 5.02 Å². The Balaban J connectivity index is 1.62. The van der Waals surface area contributed by atoms with Crippen molar-refractivity contribution < 1.29 is 9.32 Å². The third-order valence-corrected chi connectivity index (χ3v) is 5.37. The molecule has 4 aromatic rings. The van der Waals surface area contributed by atoms with Crippen molar-refractivity contribution in [1.29, 1.82) is 0 Å². The number of nitrogens with one attached hydrogen (secondary N) is 1. The van der Waals surface area contributed by atoms with Gasteiger partial charge in [-0.25, -0.2) is 4.98 Å². The van der Waals surface area contributed by atoms with Crippen LogP contribution in [0.5, 0.6) is 0 Å². The van der Waals surface area contributed by atoms with Crippen LogP contribution in [0.3, 0.4) is 0 Å². The molecule has 146 valence electrons. The van der Waals surface area contributed by atoms with E-state index in [0.717, 1.165) is 18.4 Å². The second-order valence-corrected chi connectivity index (χ2v) is 7.48. The third-order valence-electron chi connectivity index (χ3n) is 5.14. The van der Waals surface area contributed by atoms with Gasteiger partial charge in [-0.3, -0.25) is 9.89 Å². The zero-order valence-electron chi connectivity index (χ0n) is 15.6. The largest absolute Gasteiger partial charge is 0.337 e. The summed E-state index contributed by atoms with van der Waals surface area (Å²) in [6, 6.07) is 6.92. The molecule has 1 amide bonds. The lowest BCUT2D eigenvalue weighted by atomic mass is 10.0. The Bertz CT molecular complexity index is 1200. The molecule has 3 aromatic heterocycles. The lowest BCUT2D eigenvalue weighted by Crippen LogP contribution is -2.31. The molecule has 1 saturated heterocycles. The van der Waals surface area contributed by atoms with Gasteiger partial charge in [-0.05, 0) is 44.0 Å². The predicted molar refractivity (Wildman–Crippen MR) is 106 cm³/mol. The standard InChI is InChI=1S/C20H17ClN6O2/c1-11-24-19(29-26-11)18-3-2-6-27(18)20(28)15-8-17(12-9-22-23-10-12)25-16-5-4-13(21)7-14(15)16/h4-5,7-10,18H,2-3,6H2,1H3,(H,22,23)/t18-/m1/s1. The van der Waals surface area contributed by atoms with E-state index in [9.17, 15) is 4.79 Å². The molecule has 29 heavy (non-hydrogen) atoms. The average molecular weight is 409 g/mol. The van der Waals surface area contributed by atoms with Gasteiger partial charge in [0.1, 0.15) is 6.04 Å². The van der Waals surface area contributed by atoms with Crippen molar-refractivity contribution in [1.82, 2.24) is 30.2 Å². The summed E-state index contributed by atoms with van der Waals surface area (Å²) in [5.74, 6) is 0.922. The lowest BCUT2D eigenvalue weighted by Gasteiger charge is -2.23. The number of aromatic amines is 1. The van der Waals surface area contributed by atoms with Crippen LogP contribution < -0.4 is 0 Å². The van der Waals surface area contributed by atoms with Crippen LogP contribution >= 0.6 is 11.6 Å². The first-order chi connectivity index (χ1) is 14.1. The summed E-state index contributed by atoms with van der Waals surface area (Å²) in [7, 11) is 0. The molecule has 1 fully saturated rings. The first kappa shape index (κ1) is 17.8. The maximum absolute atomic E-state index is 13.6. The summed E-state index contributed by atoms with van der Waals surface area (Å²) in [5, 5.41) is 11.9. The Hall–Kier alpha value is -3.26. The fraction of sp³-hybridized carbons (Fsp3) is 0.250. The summed E-state index contributed by atoms with van der Waals surface area (Å²) >= 11 is 6.22.